The summed E-state index contributed by atoms with van der Waals surface area (Å²) in [6, 6.07) is -0.0632. The zero-order valence-electron chi connectivity index (χ0n) is 9.30. The van der Waals surface area contributed by atoms with Crippen molar-refractivity contribution >= 4 is 23.3 Å². The Morgan fingerprint density at radius 2 is 2.18 bits per heavy atom. The highest BCUT2D eigenvalue weighted by molar-refractivity contribution is 6.30. The number of rotatable bonds is 1. The Labute approximate surface area is 104 Å². The summed E-state index contributed by atoms with van der Waals surface area (Å²) in [4.78, 5) is 20.5. The van der Waals surface area contributed by atoms with Crippen molar-refractivity contribution in [2.24, 2.45) is 0 Å². The molecule has 0 radical (unpaired) electrons. The second-order valence-electron chi connectivity index (χ2n) is 3.94. The van der Waals surface area contributed by atoms with Gasteiger partial charge in [0.05, 0.1) is 5.02 Å². The van der Waals surface area contributed by atoms with Crippen molar-refractivity contribution in [1.29, 1.82) is 0 Å². The largest absolute Gasteiger partial charge is 0.465 e. The molecule has 1 aliphatic heterocycles. The normalized spacial score (nSPS) is 20.0. The van der Waals surface area contributed by atoms with E-state index in [1.54, 1.807) is 12.4 Å². The van der Waals surface area contributed by atoms with E-state index in [1.165, 1.54) is 4.90 Å². The van der Waals surface area contributed by atoms with Crippen LogP contribution in [-0.2, 0) is 0 Å². The first-order chi connectivity index (χ1) is 8.08. The maximum Gasteiger partial charge on any atom is 0.407 e. The molecule has 1 aliphatic rings. The molecule has 2 rings (SSSR count). The maximum absolute atomic E-state index is 10.9. The van der Waals surface area contributed by atoms with Gasteiger partial charge in [-0.15, -0.1) is 0 Å². The van der Waals surface area contributed by atoms with Gasteiger partial charge in [0.1, 0.15) is 0 Å². The fourth-order valence-corrected chi connectivity index (χ4v) is 1.93. The van der Waals surface area contributed by atoms with Crippen molar-refractivity contribution in [1.82, 2.24) is 14.9 Å². The molecule has 0 aromatic carbocycles. The Hall–Kier alpha value is -1.62. The molecule has 2 heterocycles. The molecule has 0 spiro atoms. The van der Waals surface area contributed by atoms with Gasteiger partial charge in [-0.1, -0.05) is 17.7 Å². The molecule has 0 aliphatic carbocycles. The zero-order chi connectivity index (χ0) is 12.4. The van der Waals surface area contributed by atoms with E-state index in [4.69, 9.17) is 16.7 Å². The third-order valence-corrected chi connectivity index (χ3v) is 2.93. The lowest BCUT2D eigenvalue weighted by molar-refractivity contribution is 0.133. The van der Waals surface area contributed by atoms with Crippen LogP contribution in [0, 0.1) is 0 Å². The molecule has 90 valence electrons. The van der Waals surface area contributed by atoms with E-state index in [2.05, 4.69) is 9.97 Å². The number of carboxylic acid groups (broad SMARTS) is 1. The highest BCUT2D eigenvalue weighted by Gasteiger charge is 2.24. The van der Waals surface area contributed by atoms with Crippen LogP contribution in [0.5, 0.6) is 0 Å². The molecule has 1 atom stereocenters. The fourth-order valence-electron chi connectivity index (χ4n) is 1.83. The van der Waals surface area contributed by atoms with Crippen molar-refractivity contribution in [3.05, 3.63) is 29.3 Å². The van der Waals surface area contributed by atoms with E-state index in [1.807, 2.05) is 13.0 Å². The number of aromatic nitrogens is 2. The van der Waals surface area contributed by atoms with E-state index in [9.17, 15) is 4.79 Å². The number of nitrogens with zero attached hydrogens (tertiary/aromatic N) is 3. The summed E-state index contributed by atoms with van der Waals surface area (Å²) in [5, 5.41) is 9.44. The van der Waals surface area contributed by atoms with Crippen molar-refractivity contribution in [3.8, 4) is 0 Å². The molecule has 0 bridgehead atoms. The van der Waals surface area contributed by atoms with E-state index in [-0.39, 0.29) is 6.04 Å². The monoisotopic (exact) mass is 253 g/mol. The van der Waals surface area contributed by atoms with Crippen LogP contribution in [0.2, 0.25) is 5.02 Å². The van der Waals surface area contributed by atoms with Gasteiger partial charge in [0, 0.05) is 25.0 Å². The zero-order valence-corrected chi connectivity index (χ0v) is 10.1. The number of hydrogen-bond donors (Lipinski definition) is 1. The first kappa shape index (κ1) is 11.9. The lowest BCUT2D eigenvalue weighted by Gasteiger charge is -2.30. The molecule has 17 heavy (non-hydrogen) atoms. The van der Waals surface area contributed by atoms with Gasteiger partial charge >= 0.3 is 6.09 Å². The Bertz CT molecular complexity index is 458. The quantitative estimate of drug-likeness (QED) is 0.834. The van der Waals surface area contributed by atoms with Gasteiger partial charge in [-0.3, -0.25) is 0 Å². The second kappa shape index (κ2) is 4.71. The van der Waals surface area contributed by atoms with E-state index in [0.717, 1.165) is 5.57 Å². The molecule has 1 unspecified atom stereocenters. The molecule has 1 amide bonds. The minimum Gasteiger partial charge on any atom is -0.465 e. The van der Waals surface area contributed by atoms with Gasteiger partial charge in [-0.25, -0.2) is 14.8 Å². The predicted octanol–water partition coefficient (Wildman–Crippen LogP) is 2.29. The lowest BCUT2D eigenvalue weighted by atomic mass is 10.0. The molecule has 5 nitrogen and oxygen atoms in total. The molecular formula is C11H12ClN3O2. The summed E-state index contributed by atoms with van der Waals surface area (Å²) in [6.45, 7) is 2.24. The third kappa shape index (κ3) is 2.55. The first-order valence-electron chi connectivity index (χ1n) is 5.24. The van der Waals surface area contributed by atoms with E-state index < -0.39 is 6.09 Å². The lowest BCUT2D eigenvalue weighted by Crippen LogP contribution is -2.40. The van der Waals surface area contributed by atoms with Crippen molar-refractivity contribution in [2.75, 3.05) is 6.54 Å². The van der Waals surface area contributed by atoms with Crippen molar-refractivity contribution < 1.29 is 9.90 Å². The Balaban J connectivity index is 2.19. The Morgan fingerprint density at radius 3 is 2.71 bits per heavy atom. The van der Waals surface area contributed by atoms with Crippen molar-refractivity contribution in [3.63, 3.8) is 0 Å². The molecule has 1 N–H and O–H groups in total. The molecule has 1 aromatic heterocycles. The highest BCUT2D eigenvalue weighted by atomic mass is 35.5. The smallest absolute Gasteiger partial charge is 0.407 e. The first-order valence-corrected chi connectivity index (χ1v) is 5.62. The topological polar surface area (TPSA) is 66.3 Å². The van der Waals surface area contributed by atoms with Gasteiger partial charge in [-0.2, -0.15) is 0 Å². The number of halogens is 1. The van der Waals surface area contributed by atoms with E-state index >= 15 is 0 Å². The van der Waals surface area contributed by atoms with Gasteiger partial charge in [0.25, 0.3) is 0 Å². The predicted molar refractivity (Wildman–Crippen MR) is 63.8 cm³/mol. The maximum atomic E-state index is 10.9. The molecule has 6 heteroatoms. The second-order valence-corrected chi connectivity index (χ2v) is 4.38. The summed E-state index contributed by atoms with van der Waals surface area (Å²) in [6.07, 6.45) is 4.65. The van der Waals surface area contributed by atoms with Crippen LogP contribution in [0.25, 0.3) is 5.57 Å². The summed E-state index contributed by atoms with van der Waals surface area (Å²) < 4.78 is 0. The van der Waals surface area contributed by atoms with Gasteiger partial charge in [0.15, 0.2) is 5.82 Å². The summed E-state index contributed by atoms with van der Waals surface area (Å²) in [7, 11) is 0. The van der Waals surface area contributed by atoms with Crippen LogP contribution in [0.3, 0.4) is 0 Å². The minimum atomic E-state index is -0.898. The Kier molecular flexibility index (Phi) is 3.28. The molecule has 1 aromatic rings. The number of amides is 1. The van der Waals surface area contributed by atoms with Crippen molar-refractivity contribution in [2.45, 2.75) is 19.4 Å². The van der Waals surface area contributed by atoms with Gasteiger partial charge < -0.3 is 10.0 Å². The van der Waals surface area contributed by atoms with Gasteiger partial charge in [-0.05, 0) is 18.9 Å². The summed E-state index contributed by atoms with van der Waals surface area (Å²) in [5.74, 6) is 0.617. The van der Waals surface area contributed by atoms with Crippen LogP contribution in [0.1, 0.15) is 19.2 Å². The van der Waals surface area contributed by atoms with Crippen LogP contribution in [0.4, 0.5) is 4.79 Å². The van der Waals surface area contributed by atoms with E-state index in [0.29, 0.717) is 23.8 Å². The fraction of sp³-hybridized carbons (Fsp3) is 0.364. The number of carbonyl (C=O) groups is 1. The summed E-state index contributed by atoms with van der Waals surface area (Å²) >= 11 is 5.71. The SMILES string of the molecule is CC1CC(c2ncc(Cl)cn2)=CCN1C(=O)O. The average Bonchev–Trinajstić information content (AvgIpc) is 2.29. The highest BCUT2D eigenvalue weighted by Crippen LogP contribution is 2.24. The standard InChI is InChI=1S/C11H12ClN3O2/c1-7-4-8(2-3-15(7)11(16)17)10-13-5-9(12)6-14-10/h2,5-7H,3-4H2,1H3,(H,16,17). The van der Waals surface area contributed by atoms with Crippen LogP contribution in [-0.4, -0.2) is 38.7 Å². The minimum absolute atomic E-state index is 0.0632. The molecule has 0 saturated carbocycles. The molecule has 0 saturated heterocycles. The third-order valence-electron chi connectivity index (χ3n) is 2.74. The average molecular weight is 254 g/mol. The molecule has 0 fully saturated rings. The number of hydrogen-bond acceptors (Lipinski definition) is 3. The van der Waals surface area contributed by atoms with Crippen LogP contribution >= 0.6 is 11.6 Å². The Morgan fingerprint density at radius 1 is 1.53 bits per heavy atom. The summed E-state index contributed by atoms with van der Waals surface area (Å²) in [5.41, 5.74) is 0.965. The molecular weight excluding hydrogens is 242 g/mol. The van der Waals surface area contributed by atoms with Crippen LogP contribution in [0.15, 0.2) is 18.5 Å². The van der Waals surface area contributed by atoms with Gasteiger partial charge in [0.2, 0.25) is 0 Å². The van der Waals surface area contributed by atoms with Crippen LogP contribution < -0.4 is 0 Å².